The van der Waals surface area contributed by atoms with E-state index in [0.29, 0.717) is 5.02 Å². The molecule has 100 valence electrons. The van der Waals surface area contributed by atoms with Crippen LogP contribution < -0.4 is 5.73 Å². The molecule has 0 spiro atoms. The second-order valence-electron chi connectivity index (χ2n) is 4.60. The Morgan fingerprint density at radius 2 is 1.95 bits per heavy atom. The zero-order valence-corrected chi connectivity index (χ0v) is 12.9. The maximum absolute atomic E-state index is 6.33. The van der Waals surface area contributed by atoms with E-state index in [-0.39, 0.29) is 6.04 Å². The van der Waals surface area contributed by atoms with Crippen molar-refractivity contribution >= 4 is 38.4 Å². The van der Waals surface area contributed by atoms with E-state index in [1.807, 2.05) is 48.5 Å². The summed E-state index contributed by atoms with van der Waals surface area (Å²) in [6.45, 7) is 0. The molecule has 1 heterocycles. The van der Waals surface area contributed by atoms with Gasteiger partial charge in [0.05, 0.1) is 11.6 Å². The Balaban J connectivity index is 2.05. The summed E-state index contributed by atoms with van der Waals surface area (Å²) in [5, 5.41) is 1.76. The van der Waals surface area contributed by atoms with E-state index in [0.717, 1.165) is 26.5 Å². The summed E-state index contributed by atoms with van der Waals surface area (Å²) in [5.41, 5.74) is 9.18. The number of benzene rings is 2. The van der Waals surface area contributed by atoms with Crippen LogP contribution in [0.2, 0.25) is 5.02 Å². The van der Waals surface area contributed by atoms with E-state index in [1.165, 1.54) is 0 Å². The lowest BCUT2D eigenvalue weighted by Crippen LogP contribution is -2.12. The Labute approximate surface area is 130 Å². The van der Waals surface area contributed by atoms with Gasteiger partial charge in [-0.1, -0.05) is 51.8 Å². The number of fused-ring (bicyclic) bond motifs is 1. The highest BCUT2D eigenvalue weighted by molar-refractivity contribution is 9.10. The van der Waals surface area contributed by atoms with Crippen LogP contribution in [0, 0.1) is 0 Å². The normalized spacial score (nSPS) is 12.6. The van der Waals surface area contributed by atoms with E-state index in [9.17, 15) is 0 Å². The second-order valence-corrected chi connectivity index (χ2v) is 5.92. The van der Waals surface area contributed by atoms with Crippen LogP contribution in [0.1, 0.15) is 17.2 Å². The lowest BCUT2D eigenvalue weighted by atomic mass is 9.98. The molecule has 1 aromatic heterocycles. The fourth-order valence-electron chi connectivity index (χ4n) is 2.21. The largest absolute Gasteiger partial charge is 0.320 e. The van der Waals surface area contributed by atoms with Crippen molar-refractivity contribution in [2.75, 3.05) is 0 Å². The van der Waals surface area contributed by atoms with Crippen LogP contribution in [-0.2, 0) is 0 Å². The van der Waals surface area contributed by atoms with Crippen LogP contribution in [0.25, 0.3) is 10.9 Å². The topological polar surface area (TPSA) is 38.9 Å². The van der Waals surface area contributed by atoms with Gasteiger partial charge in [-0.15, -0.1) is 0 Å². The molecule has 0 radical (unpaired) electrons. The number of nitrogens with zero attached hydrogens (tertiary/aromatic N) is 1. The summed E-state index contributed by atoms with van der Waals surface area (Å²) < 4.78 is 0.943. The molecule has 0 bridgehead atoms. The van der Waals surface area contributed by atoms with Gasteiger partial charge in [0, 0.05) is 21.1 Å². The van der Waals surface area contributed by atoms with Crippen molar-refractivity contribution in [2.45, 2.75) is 6.04 Å². The second kappa shape index (κ2) is 5.52. The van der Waals surface area contributed by atoms with Crippen LogP contribution in [-0.4, -0.2) is 4.98 Å². The molecule has 0 amide bonds. The fourth-order valence-corrected chi connectivity index (χ4v) is 3.00. The number of halogens is 2. The van der Waals surface area contributed by atoms with Gasteiger partial charge in [-0.25, -0.2) is 0 Å². The average molecular weight is 348 g/mol. The molecule has 0 saturated carbocycles. The zero-order chi connectivity index (χ0) is 14.1. The minimum Gasteiger partial charge on any atom is -0.320 e. The Morgan fingerprint density at radius 1 is 1.10 bits per heavy atom. The predicted molar refractivity (Wildman–Crippen MR) is 86.9 cm³/mol. The molecule has 0 saturated heterocycles. The van der Waals surface area contributed by atoms with Gasteiger partial charge >= 0.3 is 0 Å². The summed E-state index contributed by atoms with van der Waals surface area (Å²) in [6.07, 6.45) is 1.78. The van der Waals surface area contributed by atoms with Crippen molar-refractivity contribution in [1.29, 1.82) is 0 Å². The smallest absolute Gasteiger partial charge is 0.0705 e. The molecule has 4 heteroatoms. The minimum atomic E-state index is -0.262. The van der Waals surface area contributed by atoms with Crippen molar-refractivity contribution in [3.05, 3.63) is 75.4 Å². The van der Waals surface area contributed by atoms with E-state index in [2.05, 4.69) is 20.9 Å². The molecule has 1 unspecified atom stereocenters. The highest BCUT2D eigenvalue weighted by Crippen LogP contribution is 2.30. The number of hydrogen-bond acceptors (Lipinski definition) is 2. The summed E-state index contributed by atoms with van der Waals surface area (Å²) in [4.78, 5) is 4.36. The highest BCUT2D eigenvalue weighted by atomic mass is 79.9. The van der Waals surface area contributed by atoms with Gasteiger partial charge in [0.1, 0.15) is 0 Å². The number of hydrogen-bond donors (Lipinski definition) is 1. The first-order valence-electron chi connectivity index (χ1n) is 6.20. The highest BCUT2D eigenvalue weighted by Gasteiger charge is 2.13. The van der Waals surface area contributed by atoms with Crippen molar-refractivity contribution in [1.82, 2.24) is 4.98 Å². The molecule has 1 atom stereocenters. The Bertz CT molecular complexity index is 773. The minimum absolute atomic E-state index is 0.262. The maximum Gasteiger partial charge on any atom is 0.0705 e. The molecule has 2 N–H and O–H groups in total. The molecule has 20 heavy (non-hydrogen) atoms. The van der Waals surface area contributed by atoms with Crippen LogP contribution in [0.15, 0.2) is 59.2 Å². The van der Waals surface area contributed by atoms with Crippen LogP contribution in [0.4, 0.5) is 0 Å². The van der Waals surface area contributed by atoms with Crippen LogP contribution in [0.5, 0.6) is 0 Å². The molecule has 3 aromatic rings. The maximum atomic E-state index is 6.33. The summed E-state index contributed by atoms with van der Waals surface area (Å²) in [7, 11) is 0. The van der Waals surface area contributed by atoms with E-state index < -0.39 is 0 Å². The van der Waals surface area contributed by atoms with Gasteiger partial charge in [0.15, 0.2) is 0 Å². The first kappa shape index (κ1) is 13.6. The molecule has 3 rings (SSSR count). The molecule has 0 aliphatic carbocycles. The number of aromatic nitrogens is 1. The van der Waals surface area contributed by atoms with Crippen molar-refractivity contribution in [3.63, 3.8) is 0 Å². The van der Waals surface area contributed by atoms with Gasteiger partial charge in [0.25, 0.3) is 0 Å². The van der Waals surface area contributed by atoms with Crippen LogP contribution in [0.3, 0.4) is 0 Å². The Kier molecular flexibility index (Phi) is 3.74. The fraction of sp³-hybridized carbons (Fsp3) is 0.0625. The van der Waals surface area contributed by atoms with Gasteiger partial charge in [-0.3, -0.25) is 4.98 Å². The van der Waals surface area contributed by atoms with Crippen LogP contribution >= 0.6 is 27.5 Å². The Morgan fingerprint density at radius 3 is 2.75 bits per heavy atom. The summed E-state index contributed by atoms with van der Waals surface area (Å²) in [5.74, 6) is 0. The molecular formula is C16H12BrClN2. The van der Waals surface area contributed by atoms with E-state index in [1.54, 1.807) is 6.20 Å². The molecule has 0 aliphatic heterocycles. The van der Waals surface area contributed by atoms with Gasteiger partial charge in [0.2, 0.25) is 0 Å². The molecule has 0 fully saturated rings. The van der Waals surface area contributed by atoms with Crippen molar-refractivity contribution < 1.29 is 0 Å². The van der Waals surface area contributed by atoms with Gasteiger partial charge < -0.3 is 5.73 Å². The third kappa shape index (κ3) is 2.57. The van der Waals surface area contributed by atoms with Crippen molar-refractivity contribution in [2.24, 2.45) is 5.73 Å². The van der Waals surface area contributed by atoms with E-state index >= 15 is 0 Å². The quantitative estimate of drug-likeness (QED) is 0.730. The van der Waals surface area contributed by atoms with Crippen molar-refractivity contribution in [3.8, 4) is 0 Å². The first-order valence-corrected chi connectivity index (χ1v) is 7.37. The number of pyridine rings is 1. The Hall–Kier alpha value is -1.42. The monoisotopic (exact) mass is 346 g/mol. The SMILES string of the molecule is NC(c1ccc2cccnc2c1)c1ccc(Br)cc1Cl. The van der Waals surface area contributed by atoms with E-state index in [4.69, 9.17) is 17.3 Å². The lowest BCUT2D eigenvalue weighted by Gasteiger charge is -2.15. The third-order valence-corrected chi connectivity index (χ3v) is 4.11. The standard InChI is InChI=1S/C16H12BrClN2/c17-12-5-6-13(14(18)9-12)16(19)11-4-3-10-2-1-7-20-15(10)8-11/h1-9,16H,19H2. The first-order chi connectivity index (χ1) is 9.65. The number of nitrogens with two attached hydrogens (primary N) is 1. The molecule has 0 aliphatic rings. The average Bonchev–Trinajstić information content (AvgIpc) is 2.46. The third-order valence-electron chi connectivity index (χ3n) is 3.29. The molecule has 2 aromatic carbocycles. The lowest BCUT2D eigenvalue weighted by molar-refractivity contribution is 0.873. The summed E-state index contributed by atoms with van der Waals surface area (Å²) in [6, 6.07) is 15.5. The molecular weight excluding hydrogens is 336 g/mol. The van der Waals surface area contributed by atoms with Gasteiger partial charge in [-0.05, 0) is 35.4 Å². The zero-order valence-electron chi connectivity index (χ0n) is 10.6. The van der Waals surface area contributed by atoms with Gasteiger partial charge in [-0.2, -0.15) is 0 Å². The molecule has 2 nitrogen and oxygen atoms in total. The number of rotatable bonds is 2. The predicted octanol–water partition coefficient (Wildman–Crippen LogP) is 4.70. The summed E-state index contributed by atoms with van der Waals surface area (Å²) >= 11 is 9.67.